The lowest BCUT2D eigenvalue weighted by Crippen LogP contribution is -2.17. The Hall–Kier alpha value is -3.26. The molecule has 0 bridgehead atoms. The van der Waals surface area contributed by atoms with E-state index in [0.29, 0.717) is 16.5 Å². The van der Waals surface area contributed by atoms with Crippen molar-refractivity contribution in [3.05, 3.63) is 72.3 Å². The van der Waals surface area contributed by atoms with Gasteiger partial charge in [0.1, 0.15) is 16.7 Å². The molecule has 2 aromatic heterocycles. The standard InChI is InChI=1S/C20H16FN5OS/c1-13-10-18(26(25-13)16-8-6-15(21)7-9-16)23-19(27)12-28-20-17-5-3-2-4-14(17)11-22-24-20/h2-11H,12H2,1H3,(H,23,27). The molecule has 0 fully saturated rings. The van der Waals surface area contributed by atoms with Gasteiger partial charge in [-0.2, -0.15) is 10.2 Å². The summed E-state index contributed by atoms with van der Waals surface area (Å²) >= 11 is 1.32. The van der Waals surface area contributed by atoms with Crippen molar-refractivity contribution in [1.82, 2.24) is 20.0 Å². The fraction of sp³-hybridized carbons (Fsp3) is 0.100. The highest BCUT2D eigenvalue weighted by atomic mass is 32.2. The van der Waals surface area contributed by atoms with Crippen LogP contribution in [-0.2, 0) is 4.79 Å². The van der Waals surface area contributed by atoms with Crippen LogP contribution in [0, 0.1) is 12.7 Å². The number of hydrogen-bond acceptors (Lipinski definition) is 5. The number of aryl methyl sites for hydroxylation is 1. The van der Waals surface area contributed by atoms with Crippen LogP contribution >= 0.6 is 11.8 Å². The topological polar surface area (TPSA) is 72.7 Å². The summed E-state index contributed by atoms with van der Waals surface area (Å²) in [6.07, 6.45) is 1.70. The van der Waals surface area contributed by atoms with Gasteiger partial charge in [-0.05, 0) is 31.2 Å². The molecule has 1 amide bonds. The molecule has 0 aliphatic heterocycles. The van der Waals surface area contributed by atoms with Crippen molar-refractivity contribution in [3.8, 4) is 5.69 Å². The summed E-state index contributed by atoms with van der Waals surface area (Å²) in [6, 6.07) is 15.5. The van der Waals surface area contributed by atoms with Gasteiger partial charge in [-0.15, -0.1) is 5.10 Å². The van der Waals surface area contributed by atoms with Crippen LogP contribution in [0.4, 0.5) is 10.2 Å². The van der Waals surface area contributed by atoms with E-state index in [2.05, 4.69) is 20.6 Å². The van der Waals surface area contributed by atoms with E-state index in [0.717, 1.165) is 16.5 Å². The molecule has 0 saturated carbocycles. The average Bonchev–Trinajstić information content (AvgIpc) is 3.07. The maximum absolute atomic E-state index is 13.2. The van der Waals surface area contributed by atoms with Gasteiger partial charge in [0.05, 0.1) is 23.3 Å². The molecule has 0 aliphatic rings. The molecular formula is C20H16FN5OS. The van der Waals surface area contributed by atoms with Gasteiger partial charge >= 0.3 is 0 Å². The van der Waals surface area contributed by atoms with Crippen LogP contribution in [0.1, 0.15) is 5.69 Å². The zero-order valence-corrected chi connectivity index (χ0v) is 15.8. The maximum atomic E-state index is 13.2. The van der Waals surface area contributed by atoms with Crippen LogP contribution in [-0.4, -0.2) is 31.6 Å². The molecule has 28 heavy (non-hydrogen) atoms. The van der Waals surface area contributed by atoms with E-state index in [-0.39, 0.29) is 17.5 Å². The minimum Gasteiger partial charge on any atom is -0.310 e. The third-order valence-electron chi connectivity index (χ3n) is 4.05. The van der Waals surface area contributed by atoms with E-state index < -0.39 is 0 Å². The first-order valence-electron chi connectivity index (χ1n) is 8.56. The quantitative estimate of drug-likeness (QED) is 0.519. The molecule has 4 rings (SSSR count). The molecule has 1 N–H and O–H groups in total. The van der Waals surface area contributed by atoms with Gasteiger partial charge in [0.2, 0.25) is 5.91 Å². The number of amides is 1. The van der Waals surface area contributed by atoms with Crippen LogP contribution in [0.25, 0.3) is 16.5 Å². The van der Waals surface area contributed by atoms with Crippen molar-refractivity contribution in [1.29, 1.82) is 0 Å². The zero-order chi connectivity index (χ0) is 19.5. The molecule has 4 aromatic rings. The second-order valence-electron chi connectivity index (χ2n) is 6.13. The fourth-order valence-electron chi connectivity index (χ4n) is 2.79. The first-order valence-corrected chi connectivity index (χ1v) is 9.54. The Morgan fingerprint density at radius 3 is 2.79 bits per heavy atom. The minimum absolute atomic E-state index is 0.177. The maximum Gasteiger partial charge on any atom is 0.235 e. The zero-order valence-electron chi connectivity index (χ0n) is 15.0. The van der Waals surface area contributed by atoms with Gasteiger partial charge in [0.15, 0.2) is 0 Å². The molecule has 0 unspecified atom stereocenters. The molecular weight excluding hydrogens is 377 g/mol. The fourth-order valence-corrected chi connectivity index (χ4v) is 3.58. The molecule has 2 aromatic carbocycles. The number of nitrogens with one attached hydrogen (secondary N) is 1. The third kappa shape index (κ3) is 3.86. The number of carbonyl (C=O) groups is 1. The number of fused-ring (bicyclic) bond motifs is 1. The Kier molecular flexibility index (Phi) is 5.03. The van der Waals surface area contributed by atoms with Crippen LogP contribution in [0.15, 0.2) is 65.8 Å². The first kappa shape index (κ1) is 18.1. The number of thioether (sulfide) groups is 1. The number of aromatic nitrogens is 4. The number of benzene rings is 2. The van der Waals surface area contributed by atoms with E-state index in [9.17, 15) is 9.18 Å². The molecule has 0 atom stereocenters. The Morgan fingerprint density at radius 1 is 1.18 bits per heavy atom. The summed E-state index contributed by atoms with van der Waals surface area (Å²) in [4.78, 5) is 12.5. The molecule has 0 aliphatic carbocycles. The Labute approximate surface area is 164 Å². The highest BCUT2D eigenvalue weighted by Crippen LogP contribution is 2.25. The number of anilines is 1. The van der Waals surface area contributed by atoms with Crippen molar-refractivity contribution >= 4 is 34.3 Å². The van der Waals surface area contributed by atoms with Crippen molar-refractivity contribution in [2.75, 3.05) is 11.1 Å². The Balaban J connectivity index is 1.49. The molecule has 6 nitrogen and oxygen atoms in total. The Bertz CT molecular complexity index is 1140. The van der Waals surface area contributed by atoms with Gasteiger partial charge in [-0.25, -0.2) is 9.07 Å². The highest BCUT2D eigenvalue weighted by Gasteiger charge is 2.13. The highest BCUT2D eigenvalue weighted by molar-refractivity contribution is 8.00. The largest absolute Gasteiger partial charge is 0.310 e. The van der Waals surface area contributed by atoms with Crippen molar-refractivity contribution in [3.63, 3.8) is 0 Å². The van der Waals surface area contributed by atoms with Gasteiger partial charge in [-0.1, -0.05) is 36.0 Å². The smallest absolute Gasteiger partial charge is 0.235 e. The summed E-state index contributed by atoms with van der Waals surface area (Å²) in [5, 5.41) is 18.0. The molecule has 0 saturated heterocycles. The predicted octanol–water partition coefficient (Wildman–Crippen LogP) is 3.99. The number of hydrogen-bond donors (Lipinski definition) is 1. The SMILES string of the molecule is Cc1cc(NC(=O)CSc2nncc3ccccc23)n(-c2ccc(F)cc2)n1. The number of rotatable bonds is 5. The average molecular weight is 393 g/mol. The van der Waals surface area contributed by atoms with E-state index in [1.54, 1.807) is 29.1 Å². The summed E-state index contributed by atoms with van der Waals surface area (Å²) in [7, 11) is 0. The number of nitrogens with zero attached hydrogens (tertiary/aromatic N) is 4. The summed E-state index contributed by atoms with van der Waals surface area (Å²) in [5.41, 5.74) is 1.41. The number of carbonyl (C=O) groups excluding carboxylic acids is 1. The lowest BCUT2D eigenvalue weighted by molar-refractivity contribution is -0.113. The summed E-state index contributed by atoms with van der Waals surface area (Å²) in [6.45, 7) is 1.83. The lowest BCUT2D eigenvalue weighted by Gasteiger charge is -2.09. The summed E-state index contributed by atoms with van der Waals surface area (Å²) < 4.78 is 14.8. The predicted molar refractivity (Wildman–Crippen MR) is 107 cm³/mol. The number of halogens is 1. The van der Waals surface area contributed by atoms with Gasteiger partial charge in [0, 0.05) is 16.8 Å². The second kappa shape index (κ2) is 7.77. The first-order chi connectivity index (χ1) is 13.6. The van der Waals surface area contributed by atoms with Crippen molar-refractivity contribution in [2.45, 2.75) is 11.9 Å². The van der Waals surface area contributed by atoms with E-state index in [4.69, 9.17) is 0 Å². The molecule has 0 radical (unpaired) electrons. The molecule has 2 heterocycles. The monoisotopic (exact) mass is 393 g/mol. The van der Waals surface area contributed by atoms with E-state index in [1.165, 1.54) is 23.9 Å². The van der Waals surface area contributed by atoms with Gasteiger partial charge < -0.3 is 5.32 Å². The van der Waals surface area contributed by atoms with E-state index >= 15 is 0 Å². The summed E-state index contributed by atoms with van der Waals surface area (Å²) in [5.74, 6) is 0.184. The molecule has 8 heteroatoms. The van der Waals surface area contributed by atoms with Crippen molar-refractivity contribution in [2.24, 2.45) is 0 Å². The second-order valence-corrected chi connectivity index (χ2v) is 7.10. The van der Waals surface area contributed by atoms with Crippen LogP contribution in [0.3, 0.4) is 0 Å². The van der Waals surface area contributed by atoms with Crippen LogP contribution in [0.5, 0.6) is 0 Å². The van der Waals surface area contributed by atoms with Crippen LogP contribution in [0.2, 0.25) is 0 Å². The van der Waals surface area contributed by atoms with Gasteiger partial charge in [-0.3, -0.25) is 4.79 Å². The molecule has 0 spiro atoms. The van der Waals surface area contributed by atoms with E-state index in [1.807, 2.05) is 31.2 Å². The lowest BCUT2D eigenvalue weighted by atomic mass is 10.2. The minimum atomic E-state index is -0.328. The Morgan fingerprint density at radius 2 is 1.96 bits per heavy atom. The normalized spacial score (nSPS) is 10.9. The van der Waals surface area contributed by atoms with Crippen molar-refractivity contribution < 1.29 is 9.18 Å². The third-order valence-corrected chi connectivity index (χ3v) is 5.03. The van der Waals surface area contributed by atoms with Gasteiger partial charge in [0.25, 0.3) is 0 Å². The molecule has 140 valence electrons. The van der Waals surface area contributed by atoms with Crippen LogP contribution < -0.4 is 5.32 Å².